The lowest BCUT2D eigenvalue weighted by molar-refractivity contribution is -0.123. The summed E-state index contributed by atoms with van der Waals surface area (Å²) in [6, 6.07) is -0.633. The number of aliphatic hydroxyl groups excluding tert-OH is 2. The number of rotatable bonds is 39. The Bertz CT molecular complexity index is 691. The summed E-state index contributed by atoms with van der Waals surface area (Å²) in [4.78, 5) is 12.4. The first kappa shape index (κ1) is 46.9. The van der Waals surface area contributed by atoms with Gasteiger partial charge in [-0.2, -0.15) is 0 Å². The van der Waals surface area contributed by atoms with Crippen LogP contribution in [-0.2, 0) is 4.79 Å². The largest absolute Gasteiger partial charge is 0.394 e. The third-order valence-corrected chi connectivity index (χ3v) is 9.94. The number of carbonyl (C=O) groups is 1. The first-order valence-electron chi connectivity index (χ1n) is 21.6. The van der Waals surface area contributed by atoms with Gasteiger partial charge in [-0.25, -0.2) is 0 Å². The molecule has 0 aliphatic carbocycles. The zero-order valence-corrected chi connectivity index (χ0v) is 32.5. The van der Waals surface area contributed by atoms with Crippen LogP contribution in [0.3, 0.4) is 0 Å². The molecule has 0 aromatic rings. The minimum absolute atomic E-state index is 0.0708. The highest BCUT2D eigenvalue weighted by Crippen LogP contribution is 2.16. The van der Waals surface area contributed by atoms with E-state index in [4.69, 9.17) is 0 Å². The van der Waals surface area contributed by atoms with Gasteiger partial charge in [0.2, 0.25) is 5.91 Å². The summed E-state index contributed by atoms with van der Waals surface area (Å²) in [5, 5.41) is 22.9. The third kappa shape index (κ3) is 36.2. The third-order valence-electron chi connectivity index (χ3n) is 9.94. The van der Waals surface area contributed by atoms with Crippen LogP contribution in [-0.4, -0.2) is 34.9 Å². The Morgan fingerprint density at radius 3 is 1.21 bits per heavy atom. The Kier molecular flexibility index (Phi) is 39.4. The Morgan fingerprint density at radius 1 is 0.479 bits per heavy atom. The van der Waals surface area contributed by atoms with Crippen LogP contribution in [0.2, 0.25) is 0 Å². The lowest BCUT2D eigenvalue weighted by Crippen LogP contribution is -2.45. The Morgan fingerprint density at radius 2 is 0.812 bits per heavy atom. The minimum atomic E-state index is -0.857. The molecule has 3 N–H and O–H groups in total. The summed E-state index contributed by atoms with van der Waals surface area (Å²) < 4.78 is 0. The van der Waals surface area contributed by atoms with Crippen molar-refractivity contribution in [3.63, 3.8) is 0 Å². The normalized spacial score (nSPS) is 13.2. The molecule has 0 heterocycles. The molecule has 2 atom stereocenters. The van der Waals surface area contributed by atoms with Gasteiger partial charge in [-0.3, -0.25) is 4.79 Å². The van der Waals surface area contributed by atoms with Crippen molar-refractivity contribution in [3.05, 3.63) is 24.3 Å². The van der Waals surface area contributed by atoms with E-state index in [0.29, 0.717) is 6.42 Å². The molecule has 4 heteroatoms. The SMILES string of the molecule is CCCCCCCCCC/C=C/CC/C=C/C(O)C(CO)NC(=O)CCCCCCCCCCCCCCCCCCCCCCCC. The van der Waals surface area contributed by atoms with Gasteiger partial charge in [0.1, 0.15) is 0 Å². The van der Waals surface area contributed by atoms with Crippen LogP contribution < -0.4 is 5.32 Å². The fourth-order valence-corrected chi connectivity index (χ4v) is 6.61. The molecule has 1 amide bonds. The van der Waals surface area contributed by atoms with Crippen LogP contribution in [0.1, 0.15) is 232 Å². The summed E-state index contributed by atoms with van der Waals surface area (Å²) in [6.07, 6.45) is 51.4. The van der Waals surface area contributed by atoms with Gasteiger partial charge in [-0.15, -0.1) is 0 Å². The fraction of sp³-hybridized carbons (Fsp3) is 0.886. The van der Waals surface area contributed by atoms with E-state index in [1.165, 1.54) is 180 Å². The van der Waals surface area contributed by atoms with Gasteiger partial charge < -0.3 is 15.5 Å². The van der Waals surface area contributed by atoms with Crippen molar-refractivity contribution in [1.29, 1.82) is 0 Å². The highest BCUT2D eigenvalue weighted by molar-refractivity contribution is 5.76. The first-order chi connectivity index (χ1) is 23.7. The van der Waals surface area contributed by atoms with Crippen molar-refractivity contribution in [2.24, 2.45) is 0 Å². The molecular formula is C44H85NO3. The highest BCUT2D eigenvalue weighted by atomic mass is 16.3. The summed E-state index contributed by atoms with van der Waals surface area (Å²) in [5.74, 6) is -0.0708. The van der Waals surface area contributed by atoms with Gasteiger partial charge >= 0.3 is 0 Å². The Hall–Kier alpha value is -1.13. The van der Waals surface area contributed by atoms with Gasteiger partial charge in [-0.05, 0) is 32.1 Å². The van der Waals surface area contributed by atoms with Crippen molar-refractivity contribution in [2.75, 3.05) is 6.61 Å². The van der Waals surface area contributed by atoms with E-state index < -0.39 is 12.1 Å². The van der Waals surface area contributed by atoms with Crippen LogP contribution in [0.5, 0.6) is 0 Å². The molecular weight excluding hydrogens is 590 g/mol. The highest BCUT2D eigenvalue weighted by Gasteiger charge is 2.17. The molecule has 0 aromatic carbocycles. The second kappa shape index (κ2) is 40.3. The standard InChI is InChI=1S/C44H85NO3/c1-3-5-7-9-11-13-15-17-19-20-21-22-23-24-25-26-28-30-32-34-36-38-40-44(48)45-42(41-46)43(47)39-37-35-33-31-29-27-18-16-14-12-10-8-6-4-2/h29,31,37,39,42-43,46-47H,3-28,30,32-36,38,40-41H2,1-2H3,(H,45,48)/b31-29+,39-37+. The average Bonchev–Trinajstić information content (AvgIpc) is 3.09. The average molecular weight is 676 g/mol. The topological polar surface area (TPSA) is 69.6 Å². The first-order valence-corrected chi connectivity index (χ1v) is 21.6. The monoisotopic (exact) mass is 676 g/mol. The smallest absolute Gasteiger partial charge is 0.220 e. The van der Waals surface area contributed by atoms with E-state index in [1.54, 1.807) is 6.08 Å². The van der Waals surface area contributed by atoms with E-state index in [0.717, 1.165) is 32.1 Å². The molecule has 0 radical (unpaired) electrons. The van der Waals surface area contributed by atoms with Crippen molar-refractivity contribution >= 4 is 5.91 Å². The number of nitrogens with one attached hydrogen (secondary N) is 1. The molecule has 0 saturated heterocycles. The molecule has 0 rings (SSSR count). The molecule has 0 aliphatic heterocycles. The molecule has 284 valence electrons. The summed E-state index contributed by atoms with van der Waals surface area (Å²) in [5.41, 5.74) is 0. The van der Waals surface area contributed by atoms with Crippen LogP contribution in [0.4, 0.5) is 0 Å². The lowest BCUT2D eigenvalue weighted by Gasteiger charge is -2.19. The second-order valence-electron chi connectivity index (χ2n) is 14.8. The van der Waals surface area contributed by atoms with Gasteiger partial charge in [0.15, 0.2) is 0 Å². The van der Waals surface area contributed by atoms with E-state index in [1.807, 2.05) is 6.08 Å². The summed E-state index contributed by atoms with van der Waals surface area (Å²) in [6.45, 7) is 4.30. The van der Waals surface area contributed by atoms with Crippen LogP contribution in [0.25, 0.3) is 0 Å². The van der Waals surface area contributed by atoms with Crippen molar-refractivity contribution < 1.29 is 15.0 Å². The maximum absolute atomic E-state index is 12.4. The fourth-order valence-electron chi connectivity index (χ4n) is 6.61. The Labute approximate surface area is 300 Å². The number of aliphatic hydroxyl groups is 2. The summed E-state index contributed by atoms with van der Waals surface area (Å²) in [7, 11) is 0. The lowest BCUT2D eigenvalue weighted by atomic mass is 10.0. The minimum Gasteiger partial charge on any atom is -0.394 e. The number of hydrogen-bond donors (Lipinski definition) is 3. The van der Waals surface area contributed by atoms with Crippen molar-refractivity contribution in [1.82, 2.24) is 5.32 Å². The van der Waals surface area contributed by atoms with Gasteiger partial charge in [0, 0.05) is 6.42 Å². The number of amides is 1. The van der Waals surface area contributed by atoms with E-state index in [9.17, 15) is 15.0 Å². The molecule has 2 unspecified atom stereocenters. The zero-order valence-electron chi connectivity index (χ0n) is 32.5. The number of unbranched alkanes of at least 4 members (excludes halogenated alkanes) is 30. The predicted octanol–water partition coefficient (Wildman–Crippen LogP) is 13.2. The van der Waals surface area contributed by atoms with E-state index in [2.05, 4.69) is 31.3 Å². The quantitative estimate of drug-likeness (QED) is 0.0448. The molecule has 0 saturated carbocycles. The van der Waals surface area contributed by atoms with Crippen LogP contribution in [0, 0.1) is 0 Å². The molecule has 0 aliphatic rings. The van der Waals surface area contributed by atoms with Gasteiger partial charge in [-0.1, -0.05) is 218 Å². The molecule has 0 fully saturated rings. The zero-order chi connectivity index (χ0) is 35.0. The molecule has 48 heavy (non-hydrogen) atoms. The van der Waals surface area contributed by atoms with E-state index >= 15 is 0 Å². The van der Waals surface area contributed by atoms with Crippen molar-refractivity contribution in [3.8, 4) is 0 Å². The molecule has 0 spiro atoms. The molecule has 0 aromatic heterocycles. The number of carbonyl (C=O) groups excluding carboxylic acids is 1. The number of allylic oxidation sites excluding steroid dienone is 3. The van der Waals surface area contributed by atoms with Crippen LogP contribution in [0.15, 0.2) is 24.3 Å². The predicted molar refractivity (Wildman–Crippen MR) is 212 cm³/mol. The summed E-state index contributed by atoms with van der Waals surface area (Å²) >= 11 is 0. The van der Waals surface area contributed by atoms with Gasteiger partial charge in [0.25, 0.3) is 0 Å². The maximum Gasteiger partial charge on any atom is 0.220 e. The van der Waals surface area contributed by atoms with Crippen LogP contribution >= 0.6 is 0 Å². The van der Waals surface area contributed by atoms with Gasteiger partial charge in [0.05, 0.1) is 18.8 Å². The van der Waals surface area contributed by atoms with Crippen molar-refractivity contribution in [2.45, 2.75) is 244 Å². The van der Waals surface area contributed by atoms with E-state index in [-0.39, 0.29) is 12.5 Å². The Balaban J connectivity index is 3.54. The second-order valence-corrected chi connectivity index (χ2v) is 14.8. The number of hydrogen-bond acceptors (Lipinski definition) is 3. The maximum atomic E-state index is 12.4. The molecule has 4 nitrogen and oxygen atoms in total. The molecule has 0 bridgehead atoms.